The SMILES string of the molecule is NC(=O)c1[nH]n(-c2ccccc2)c(=O)c1CC(=O)NNc1cc(Cl)ccc1O. The van der Waals surface area contributed by atoms with Crippen LogP contribution in [0.5, 0.6) is 5.75 Å². The fourth-order valence-corrected chi connectivity index (χ4v) is 2.72. The van der Waals surface area contributed by atoms with Gasteiger partial charge in [-0.2, -0.15) is 0 Å². The Kier molecular flexibility index (Phi) is 5.37. The molecule has 2 amide bonds. The number of carbonyl (C=O) groups excluding carboxylic acids is 2. The molecular formula is C18H16ClN5O4. The van der Waals surface area contributed by atoms with E-state index in [1.165, 1.54) is 18.2 Å². The lowest BCUT2D eigenvalue weighted by Gasteiger charge is -2.10. The Bertz CT molecular complexity index is 1090. The Morgan fingerprint density at radius 2 is 1.89 bits per heavy atom. The van der Waals surface area contributed by atoms with Crippen LogP contribution in [0.4, 0.5) is 5.69 Å². The number of phenolic OH excluding ortho intramolecular Hbond substituents is 1. The van der Waals surface area contributed by atoms with E-state index in [9.17, 15) is 19.5 Å². The molecule has 0 aliphatic rings. The number of primary amides is 1. The number of amides is 2. The predicted octanol–water partition coefficient (Wildman–Crippen LogP) is 1.31. The van der Waals surface area contributed by atoms with Gasteiger partial charge in [0, 0.05) is 5.02 Å². The number of aromatic amines is 1. The number of para-hydroxylation sites is 1. The number of nitrogens with two attached hydrogens (primary N) is 1. The van der Waals surface area contributed by atoms with E-state index in [0.717, 1.165) is 4.68 Å². The van der Waals surface area contributed by atoms with Gasteiger partial charge in [0.25, 0.3) is 11.5 Å². The zero-order valence-electron chi connectivity index (χ0n) is 14.4. The molecule has 9 nitrogen and oxygen atoms in total. The number of aromatic hydroxyl groups is 1. The normalized spacial score (nSPS) is 10.5. The van der Waals surface area contributed by atoms with Crippen LogP contribution in [0.25, 0.3) is 5.69 Å². The Morgan fingerprint density at radius 1 is 1.18 bits per heavy atom. The van der Waals surface area contributed by atoms with Crippen LogP contribution in [0, 0.1) is 0 Å². The zero-order chi connectivity index (χ0) is 20.3. The van der Waals surface area contributed by atoms with Crippen LogP contribution in [-0.2, 0) is 11.2 Å². The molecule has 28 heavy (non-hydrogen) atoms. The summed E-state index contributed by atoms with van der Waals surface area (Å²) in [6.45, 7) is 0. The van der Waals surface area contributed by atoms with Crippen molar-refractivity contribution in [2.75, 3.05) is 5.43 Å². The summed E-state index contributed by atoms with van der Waals surface area (Å²) >= 11 is 5.84. The molecule has 0 radical (unpaired) electrons. The lowest BCUT2D eigenvalue weighted by molar-refractivity contribution is -0.119. The van der Waals surface area contributed by atoms with Gasteiger partial charge in [0.2, 0.25) is 5.91 Å². The Hall–Kier alpha value is -3.72. The second-order valence-corrected chi connectivity index (χ2v) is 6.25. The third-order valence-electron chi connectivity index (χ3n) is 3.88. The van der Waals surface area contributed by atoms with Gasteiger partial charge in [-0.15, -0.1) is 0 Å². The van der Waals surface area contributed by atoms with Gasteiger partial charge in [-0.05, 0) is 30.3 Å². The van der Waals surface area contributed by atoms with E-state index in [2.05, 4.69) is 16.0 Å². The lowest BCUT2D eigenvalue weighted by atomic mass is 10.1. The molecule has 0 atom stereocenters. The monoisotopic (exact) mass is 401 g/mol. The molecule has 0 saturated carbocycles. The largest absolute Gasteiger partial charge is 0.506 e. The van der Waals surface area contributed by atoms with Crippen molar-refractivity contribution >= 4 is 29.1 Å². The van der Waals surface area contributed by atoms with Crippen molar-refractivity contribution < 1.29 is 14.7 Å². The van der Waals surface area contributed by atoms with Gasteiger partial charge in [0.1, 0.15) is 11.4 Å². The molecule has 144 valence electrons. The fourth-order valence-electron chi connectivity index (χ4n) is 2.55. The van der Waals surface area contributed by atoms with Gasteiger partial charge in [-0.25, -0.2) is 4.68 Å². The first-order chi connectivity index (χ1) is 13.4. The number of benzene rings is 2. The molecule has 1 aromatic heterocycles. The molecule has 2 aromatic carbocycles. The van der Waals surface area contributed by atoms with E-state index >= 15 is 0 Å². The van der Waals surface area contributed by atoms with Crippen LogP contribution in [0.15, 0.2) is 53.3 Å². The van der Waals surface area contributed by atoms with Gasteiger partial charge >= 0.3 is 0 Å². The zero-order valence-corrected chi connectivity index (χ0v) is 15.2. The molecule has 3 rings (SSSR count). The molecule has 1 heterocycles. The number of halogens is 1. The number of rotatable bonds is 6. The van der Waals surface area contributed by atoms with Gasteiger partial charge in [0.05, 0.1) is 23.4 Å². The van der Waals surface area contributed by atoms with E-state index in [1.807, 2.05) is 0 Å². The van der Waals surface area contributed by atoms with E-state index in [4.69, 9.17) is 17.3 Å². The summed E-state index contributed by atoms with van der Waals surface area (Å²) in [6, 6.07) is 12.8. The highest BCUT2D eigenvalue weighted by Crippen LogP contribution is 2.25. The second-order valence-electron chi connectivity index (χ2n) is 5.82. The van der Waals surface area contributed by atoms with Crippen LogP contribution in [0.2, 0.25) is 5.02 Å². The molecule has 0 unspecified atom stereocenters. The van der Waals surface area contributed by atoms with Crippen LogP contribution in [-0.4, -0.2) is 26.7 Å². The van der Waals surface area contributed by atoms with Crippen molar-refractivity contribution in [3.8, 4) is 11.4 Å². The highest BCUT2D eigenvalue weighted by atomic mass is 35.5. The standard InChI is InChI=1S/C18H16ClN5O4/c19-10-6-7-14(25)13(8-10)21-22-15(26)9-12-16(17(20)27)23-24(18(12)28)11-4-2-1-3-5-11/h1-8,21,23,25H,9H2,(H2,20,27)(H,22,26). The predicted molar refractivity (Wildman–Crippen MR) is 103 cm³/mol. The van der Waals surface area contributed by atoms with Gasteiger partial charge in [-0.3, -0.25) is 30.3 Å². The number of hydrogen-bond acceptors (Lipinski definition) is 5. The minimum atomic E-state index is -0.866. The number of hydrazine groups is 1. The molecule has 0 spiro atoms. The first kappa shape index (κ1) is 19.1. The summed E-state index contributed by atoms with van der Waals surface area (Å²) < 4.78 is 1.14. The molecule has 0 bridgehead atoms. The number of nitrogens with one attached hydrogen (secondary N) is 3. The van der Waals surface area contributed by atoms with E-state index < -0.39 is 23.8 Å². The molecule has 3 aromatic rings. The number of hydrogen-bond donors (Lipinski definition) is 5. The Labute approximate surface area is 163 Å². The topological polar surface area (TPSA) is 142 Å². The number of aromatic nitrogens is 2. The number of nitrogens with zero attached hydrogens (tertiary/aromatic N) is 1. The summed E-state index contributed by atoms with van der Waals surface area (Å²) in [5, 5.41) is 12.7. The molecule has 0 aliphatic heterocycles. The summed E-state index contributed by atoms with van der Waals surface area (Å²) in [7, 11) is 0. The summed E-state index contributed by atoms with van der Waals surface area (Å²) in [5.74, 6) is -1.62. The van der Waals surface area contributed by atoms with E-state index in [0.29, 0.717) is 10.7 Å². The first-order valence-corrected chi connectivity index (χ1v) is 8.47. The van der Waals surface area contributed by atoms with E-state index in [-0.39, 0.29) is 22.7 Å². The Balaban J connectivity index is 1.82. The maximum Gasteiger partial charge on any atom is 0.275 e. The maximum atomic E-state index is 12.7. The quantitative estimate of drug-likeness (QED) is 0.312. The van der Waals surface area contributed by atoms with E-state index in [1.54, 1.807) is 30.3 Å². The number of carbonyl (C=O) groups is 2. The average Bonchev–Trinajstić information content (AvgIpc) is 3.00. The Morgan fingerprint density at radius 3 is 2.57 bits per heavy atom. The van der Waals surface area contributed by atoms with Crippen LogP contribution in [0.1, 0.15) is 16.1 Å². The molecule has 0 fully saturated rings. The number of H-pyrrole nitrogens is 1. The van der Waals surface area contributed by atoms with Crippen molar-refractivity contribution in [3.63, 3.8) is 0 Å². The first-order valence-electron chi connectivity index (χ1n) is 8.09. The van der Waals surface area contributed by atoms with Crippen molar-refractivity contribution in [1.82, 2.24) is 15.2 Å². The summed E-state index contributed by atoms with van der Waals surface area (Å²) in [6.07, 6.45) is -0.415. The highest BCUT2D eigenvalue weighted by Gasteiger charge is 2.21. The smallest absolute Gasteiger partial charge is 0.275 e. The maximum absolute atomic E-state index is 12.7. The molecular weight excluding hydrogens is 386 g/mol. The van der Waals surface area contributed by atoms with Crippen molar-refractivity contribution in [1.29, 1.82) is 0 Å². The minimum absolute atomic E-state index is 0.0778. The summed E-state index contributed by atoms with van der Waals surface area (Å²) in [4.78, 5) is 36.6. The third-order valence-corrected chi connectivity index (χ3v) is 4.12. The van der Waals surface area contributed by atoms with Crippen molar-refractivity contribution in [3.05, 3.63) is 75.2 Å². The molecule has 0 saturated heterocycles. The number of anilines is 1. The molecule has 0 aliphatic carbocycles. The van der Waals surface area contributed by atoms with Crippen LogP contribution >= 0.6 is 11.6 Å². The fraction of sp³-hybridized carbons (Fsp3) is 0.0556. The van der Waals surface area contributed by atoms with Gasteiger partial charge in [-0.1, -0.05) is 29.8 Å². The van der Waals surface area contributed by atoms with Gasteiger partial charge < -0.3 is 10.8 Å². The van der Waals surface area contributed by atoms with Crippen molar-refractivity contribution in [2.45, 2.75) is 6.42 Å². The third kappa shape index (κ3) is 3.99. The van der Waals surface area contributed by atoms with Gasteiger partial charge in [0.15, 0.2) is 0 Å². The average molecular weight is 402 g/mol. The highest BCUT2D eigenvalue weighted by molar-refractivity contribution is 6.30. The summed E-state index contributed by atoms with van der Waals surface area (Å²) in [5.41, 5.74) is 10.0. The number of phenols is 1. The lowest BCUT2D eigenvalue weighted by Crippen LogP contribution is -2.33. The van der Waals surface area contributed by atoms with Crippen molar-refractivity contribution in [2.24, 2.45) is 5.73 Å². The molecule has 6 N–H and O–H groups in total. The molecule has 10 heteroatoms. The van der Waals surface area contributed by atoms with Crippen LogP contribution < -0.4 is 22.1 Å². The van der Waals surface area contributed by atoms with Crippen LogP contribution in [0.3, 0.4) is 0 Å². The minimum Gasteiger partial charge on any atom is -0.506 e. The second kappa shape index (κ2) is 7.89.